The third kappa shape index (κ3) is 3.83. The highest BCUT2D eigenvalue weighted by molar-refractivity contribution is 5.87. The molecule has 6 heteroatoms. The lowest BCUT2D eigenvalue weighted by atomic mass is 10.1. The van der Waals surface area contributed by atoms with Gasteiger partial charge in [0.05, 0.1) is 17.4 Å². The summed E-state index contributed by atoms with van der Waals surface area (Å²) in [5, 5.41) is 22.1. The third-order valence-corrected chi connectivity index (χ3v) is 4.21. The first-order chi connectivity index (χ1) is 11.6. The van der Waals surface area contributed by atoms with E-state index in [1.807, 2.05) is 18.2 Å². The van der Waals surface area contributed by atoms with E-state index in [-0.39, 0.29) is 11.7 Å². The molecule has 1 aromatic carbocycles. The minimum absolute atomic E-state index is 0.222. The summed E-state index contributed by atoms with van der Waals surface area (Å²) >= 11 is 0. The number of anilines is 2. The molecule has 0 amide bonds. The van der Waals surface area contributed by atoms with Crippen LogP contribution in [0, 0.1) is 0 Å². The number of hydrogen-bond donors (Lipinski definition) is 3. The van der Waals surface area contributed by atoms with Crippen molar-refractivity contribution in [2.45, 2.75) is 25.5 Å². The number of carboxylic acids is 1. The van der Waals surface area contributed by atoms with Crippen molar-refractivity contribution >= 4 is 17.5 Å². The number of nitrogens with one attached hydrogen (secondary N) is 1. The molecule has 0 unspecified atom stereocenters. The van der Waals surface area contributed by atoms with Gasteiger partial charge >= 0.3 is 5.97 Å². The van der Waals surface area contributed by atoms with E-state index < -0.39 is 5.97 Å². The summed E-state index contributed by atoms with van der Waals surface area (Å²) in [7, 11) is 0. The summed E-state index contributed by atoms with van der Waals surface area (Å²) < 4.78 is 0. The topological polar surface area (TPSA) is 85.7 Å². The summed E-state index contributed by atoms with van der Waals surface area (Å²) in [6, 6.07) is 10.7. The number of aliphatic hydroxyl groups is 1. The number of aromatic nitrogens is 1. The quantitative estimate of drug-likeness (QED) is 0.781. The summed E-state index contributed by atoms with van der Waals surface area (Å²) in [6.07, 6.45) is 3.03. The lowest BCUT2D eigenvalue weighted by molar-refractivity contribution is 0.0696. The fourth-order valence-corrected chi connectivity index (χ4v) is 2.88. The summed E-state index contributed by atoms with van der Waals surface area (Å²) in [4.78, 5) is 17.7. The second-order valence-corrected chi connectivity index (χ2v) is 5.95. The molecule has 0 atom stereocenters. The number of pyridine rings is 1. The monoisotopic (exact) mass is 327 g/mol. The predicted molar refractivity (Wildman–Crippen MR) is 92.4 cm³/mol. The van der Waals surface area contributed by atoms with E-state index >= 15 is 0 Å². The molecule has 0 spiro atoms. The number of benzene rings is 1. The molecular weight excluding hydrogens is 306 g/mol. The molecule has 24 heavy (non-hydrogen) atoms. The van der Waals surface area contributed by atoms with Gasteiger partial charge in [0.25, 0.3) is 0 Å². The Morgan fingerprint density at radius 1 is 1.25 bits per heavy atom. The van der Waals surface area contributed by atoms with Crippen molar-refractivity contribution < 1.29 is 15.0 Å². The zero-order valence-electron chi connectivity index (χ0n) is 13.4. The van der Waals surface area contributed by atoms with E-state index in [1.54, 1.807) is 24.4 Å². The minimum atomic E-state index is -0.925. The number of rotatable bonds is 5. The molecule has 126 valence electrons. The first-order valence-electron chi connectivity index (χ1n) is 8.07. The highest BCUT2D eigenvalue weighted by Crippen LogP contribution is 2.26. The molecule has 0 saturated carbocycles. The highest BCUT2D eigenvalue weighted by atomic mass is 16.4. The molecule has 1 aliphatic rings. The Hall–Kier alpha value is -2.60. The maximum Gasteiger partial charge on any atom is 0.335 e. The van der Waals surface area contributed by atoms with Gasteiger partial charge in [-0.25, -0.2) is 9.78 Å². The number of carboxylic acid groups (broad SMARTS) is 1. The van der Waals surface area contributed by atoms with Crippen molar-refractivity contribution in [3.8, 4) is 0 Å². The average molecular weight is 327 g/mol. The van der Waals surface area contributed by atoms with Crippen LogP contribution in [0.1, 0.15) is 28.8 Å². The maximum absolute atomic E-state index is 11.1. The van der Waals surface area contributed by atoms with Gasteiger partial charge in [0.15, 0.2) is 5.82 Å². The lowest BCUT2D eigenvalue weighted by Crippen LogP contribution is -2.36. The molecule has 2 heterocycles. The van der Waals surface area contributed by atoms with Gasteiger partial charge in [0.1, 0.15) is 0 Å². The smallest absolute Gasteiger partial charge is 0.335 e. The summed E-state index contributed by atoms with van der Waals surface area (Å²) in [5.74, 6) is -0.0513. The largest absolute Gasteiger partial charge is 0.478 e. The summed E-state index contributed by atoms with van der Waals surface area (Å²) in [5.41, 5.74) is 2.10. The number of piperidine rings is 1. The van der Waals surface area contributed by atoms with E-state index in [0.717, 1.165) is 43.0 Å². The van der Waals surface area contributed by atoms with Crippen LogP contribution in [0.4, 0.5) is 11.5 Å². The van der Waals surface area contributed by atoms with Gasteiger partial charge in [-0.3, -0.25) is 0 Å². The van der Waals surface area contributed by atoms with Gasteiger partial charge < -0.3 is 20.4 Å². The second-order valence-electron chi connectivity index (χ2n) is 5.95. The van der Waals surface area contributed by atoms with Crippen LogP contribution in [0.3, 0.4) is 0 Å². The molecule has 0 radical (unpaired) electrons. The Bertz CT molecular complexity index is 712. The van der Waals surface area contributed by atoms with Crippen molar-refractivity contribution in [2.75, 3.05) is 23.3 Å². The zero-order chi connectivity index (χ0) is 16.9. The molecule has 1 aliphatic heterocycles. The van der Waals surface area contributed by atoms with Crippen LogP contribution in [-0.4, -0.2) is 40.4 Å². The lowest BCUT2D eigenvalue weighted by Gasteiger charge is -2.31. The van der Waals surface area contributed by atoms with Crippen LogP contribution >= 0.6 is 0 Å². The van der Waals surface area contributed by atoms with E-state index in [2.05, 4.69) is 15.2 Å². The van der Waals surface area contributed by atoms with Gasteiger partial charge in [0.2, 0.25) is 0 Å². The Kier molecular flexibility index (Phi) is 4.96. The Morgan fingerprint density at radius 3 is 2.79 bits per heavy atom. The first kappa shape index (κ1) is 16.3. The summed E-state index contributed by atoms with van der Waals surface area (Å²) in [6.45, 7) is 2.08. The van der Waals surface area contributed by atoms with Crippen molar-refractivity contribution in [3.05, 3.63) is 53.7 Å². The number of hydrogen-bond acceptors (Lipinski definition) is 5. The van der Waals surface area contributed by atoms with E-state index in [9.17, 15) is 9.90 Å². The van der Waals surface area contributed by atoms with Crippen LogP contribution < -0.4 is 10.2 Å². The molecule has 0 bridgehead atoms. The van der Waals surface area contributed by atoms with Crippen LogP contribution in [0.15, 0.2) is 42.6 Å². The van der Waals surface area contributed by atoms with Crippen molar-refractivity contribution in [2.24, 2.45) is 0 Å². The van der Waals surface area contributed by atoms with Gasteiger partial charge in [0, 0.05) is 25.8 Å². The minimum Gasteiger partial charge on any atom is -0.478 e. The Balaban J connectivity index is 1.71. The SMILES string of the molecule is O=C(O)c1cccc(CNc2cccnc2N2CCC(O)CC2)c1. The molecular formula is C18H21N3O3. The number of aliphatic hydroxyl groups excluding tert-OH is 1. The Morgan fingerprint density at radius 2 is 2.04 bits per heavy atom. The van der Waals surface area contributed by atoms with Gasteiger partial charge in [-0.05, 0) is 42.7 Å². The van der Waals surface area contributed by atoms with Crippen LogP contribution in [0.5, 0.6) is 0 Å². The molecule has 1 saturated heterocycles. The van der Waals surface area contributed by atoms with Gasteiger partial charge in [-0.2, -0.15) is 0 Å². The number of carbonyl (C=O) groups is 1. The second kappa shape index (κ2) is 7.31. The molecule has 1 aromatic heterocycles. The first-order valence-corrected chi connectivity index (χ1v) is 8.07. The van der Waals surface area contributed by atoms with E-state index in [1.165, 1.54) is 0 Å². The van der Waals surface area contributed by atoms with E-state index in [0.29, 0.717) is 6.54 Å². The van der Waals surface area contributed by atoms with Crippen molar-refractivity contribution in [1.82, 2.24) is 4.98 Å². The van der Waals surface area contributed by atoms with Crippen LogP contribution in [0.25, 0.3) is 0 Å². The number of nitrogens with zero attached hydrogens (tertiary/aromatic N) is 2. The van der Waals surface area contributed by atoms with E-state index in [4.69, 9.17) is 5.11 Å². The fourth-order valence-electron chi connectivity index (χ4n) is 2.88. The Labute approximate surface area is 140 Å². The van der Waals surface area contributed by atoms with Gasteiger partial charge in [-0.15, -0.1) is 0 Å². The van der Waals surface area contributed by atoms with Crippen molar-refractivity contribution in [3.63, 3.8) is 0 Å². The molecule has 3 rings (SSSR count). The molecule has 6 nitrogen and oxygen atoms in total. The highest BCUT2D eigenvalue weighted by Gasteiger charge is 2.20. The predicted octanol–water partition coefficient (Wildman–Crippen LogP) is 2.35. The zero-order valence-corrected chi connectivity index (χ0v) is 13.4. The van der Waals surface area contributed by atoms with Crippen LogP contribution in [-0.2, 0) is 6.54 Å². The van der Waals surface area contributed by atoms with Gasteiger partial charge in [-0.1, -0.05) is 12.1 Å². The number of aromatic carboxylic acids is 1. The maximum atomic E-state index is 11.1. The van der Waals surface area contributed by atoms with Crippen LogP contribution in [0.2, 0.25) is 0 Å². The third-order valence-electron chi connectivity index (χ3n) is 4.21. The standard InChI is InChI=1S/C18H21N3O3/c22-15-6-9-21(10-7-15)17-16(5-2-8-19-17)20-12-13-3-1-4-14(11-13)18(23)24/h1-5,8,11,15,20,22H,6-7,9-10,12H2,(H,23,24). The van der Waals surface area contributed by atoms with Crippen molar-refractivity contribution in [1.29, 1.82) is 0 Å². The fraction of sp³-hybridized carbons (Fsp3) is 0.333. The molecule has 0 aliphatic carbocycles. The normalized spacial score (nSPS) is 15.3. The molecule has 2 aromatic rings. The molecule has 1 fully saturated rings. The molecule has 3 N–H and O–H groups in total. The average Bonchev–Trinajstić information content (AvgIpc) is 2.61.